The Hall–Kier alpha value is -1.16. The Morgan fingerprint density at radius 3 is 2.76 bits per heavy atom. The number of thioether (sulfide) groups is 1. The molecule has 1 saturated heterocycles. The van der Waals surface area contributed by atoms with Gasteiger partial charge in [0.2, 0.25) is 0 Å². The summed E-state index contributed by atoms with van der Waals surface area (Å²) in [4.78, 5) is 12.5. The summed E-state index contributed by atoms with van der Waals surface area (Å²) < 4.78 is 0. The number of carbonyl (C=O) groups is 1. The minimum absolute atomic E-state index is 0.153. The summed E-state index contributed by atoms with van der Waals surface area (Å²) in [6.45, 7) is 2.64. The molecule has 1 aliphatic heterocycles. The van der Waals surface area contributed by atoms with Gasteiger partial charge < -0.3 is 10.0 Å². The van der Waals surface area contributed by atoms with Crippen molar-refractivity contribution < 1.29 is 9.90 Å². The number of carboxylic acid groups (broad SMARTS) is 1. The van der Waals surface area contributed by atoms with Gasteiger partial charge in [-0.25, -0.2) is 4.79 Å². The summed E-state index contributed by atoms with van der Waals surface area (Å²) in [5.41, 5.74) is 1.30. The van der Waals surface area contributed by atoms with E-state index in [-0.39, 0.29) is 6.04 Å². The SMILES string of the molecule is C[C@@H]1C[C@H](SCc2ccccc2)CN1C(=O)O. The molecule has 1 amide bonds. The lowest BCUT2D eigenvalue weighted by atomic mass is 10.2. The molecule has 17 heavy (non-hydrogen) atoms. The zero-order chi connectivity index (χ0) is 12.3. The van der Waals surface area contributed by atoms with E-state index in [1.54, 1.807) is 4.90 Å². The maximum absolute atomic E-state index is 10.9. The first-order valence-electron chi connectivity index (χ1n) is 5.82. The second kappa shape index (κ2) is 5.45. The summed E-state index contributed by atoms with van der Waals surface area (Å²) >= 11 is 1.86. The van der Waals surface area contributed by atoms with Crippen LogP contribution in [-0.2, 0) is 5.75 Å². The van der Waals surface area contributed by atoms with Gasteiger partial charge in [-0.05, 0) is 18.9 Å². The zero-order valence-electron chi connectivity index (χ0n) is 9.87. The van der Waals surface area contributed by atoms with Gasteiger partial charge in [-0.15, -0.1) is 0 Å². The highest BCUT2D eigenvalue weighted by molar-refractivity contribution is 7.99. The summed E-state index contributed by atoms with van der Waals surface area (Å²) in [5, 5.41) is 9.44. The van der Waals surface area contributed by atoms with Crippen LogP contribution >= 0.6 is 11.8 Å². The molecule has 0 bridgehead atoms. The molecule has 1 aliphatic rings. The molecular formula is C13H17NO2S. The second-order valence-electron chi connectivity index (χ2n) is 4.44. The second-order valence-corrected chi connectivity index (χ2v) is 5.73. The zero-order valence-corrected chi connectivity index (χ0v) is 10.7. The maximum Gasteiger partial charge on any atom is 0.407 e. The van der Waals surface area contributed by atoms with E-state index in [0.29, 0.717) is 11.8 Å². The van der Waals surface area contributed by atoms with Crippen molar-refractivity contribution in [3.8, 4) is 0 Å². The molecule has 1 heterocycles. The number of nitrogens with zero attached hydrogens (tertiary/aromatic N) is 1. The summed E-state index contributed by atoms with van der Waals surface area (Å²) in [5.74, 6) is 0.964. The van der Waals surface area contributed by atoms with Gasteiger partial charge in [0, 0.05) is 23.6 Å². The minimum atomic E-state index is -0.791. The van der Waals surface area contributed by atoms with Gasteiger partial charge in [-0.2, -0.15) is 11.8 Å². The molecule has 4 heteroatoms. The first-order valence-corrected chi connectivity index (χ1v) is 6.87. The van der Waals surface area contributed by atoms with E-state index in [1.165, 1.54) is 5.56 Å². The largest absolute Gasteiger partial charge is 0.465 e. The minimum Gasteiger partial charge on any atom is -0.465 e. The normalized spacial score (nSPS) is 23.9. The van der Waals surface area contributed by atoms with E-state index in [2.05, 4.69) is 12.1 Å². The molecule has 1 aromatic rings. The molecule has 0 unspecified atom stereocenters. The van der Waals surface area contributed by atoms with Crippen LogP contribution < -0.4 is 0 Å². The molecule has 0 aromatic heterocycles. The highest BCUT2D eigenvalue weighted by Gasteiger charge is 2.32. The van der Waals surface area contributed by atoms with Crippen LogP contribution in [0.25, 0.3) is 0 Å². The lowest BCUT2D eigenvalue weighted by Crippen LogP contribution is -2.32. The number of hydrogen-bond donors (Lipinski definition) is 1. The van der Waals surface area contributed by atoms with Gasteiger partial charge in [0.1, 0.15) is 0 Å². The number of hydrogen-bond acceptors (Lipinski definition) is 2. The molecule has 1 fully saturated rings. The first-order chi connectivity index (χ1) is 8.16. The van der Waals surface area contributed by atoms with Gasteiger partial charge in [0.25, 0.3) is 0 Å². The predicted molar refractivity (Wildman–Crippen MR) is 70.3 cm³/mol. The lowest BCUT2D eigenvalue weighted by molar-refractivity contribution is 0.143. The maximum atomic E-state index is 10.9. The van der Waals surface area contributed by atoms with Crippen LogP contribution in [-0.4, -0.2) is 33.9 Å². The molecule has 1 N–H and O–H groups in total. The van der Waals surface area contributed by atoms with Crippen LogP contribution in [0.15, 0.2) is 30.3 Å². The number of benzene rings is 1. The molecule has 2 atom stereocenters. The Kier molecular flexibility index (Phi) is 3.94. The molecule has 1 aromatic carbocycles. The standard InChI is InChI=1S/C13H17NO2S/c1-10-7-12(8-14(10)13(15)16)17-9-11-5-3-2-4-6-11/h2-6,10,12H,7-9H2,1H3,(H,15,16)/t10-,12+/m1/s1. The quantitative estimate of drug-likeness (QED) is 0.897. The van der Waals surface area contributed by atoms with E-state index in [1.807, 2.05) is 36.9 Å². The number of rotatable bonds is 3. The van der Waals surface area contributed by atoms with Crippen LogP contribution in [0.2, 0.25) is 0 Å². The fourth-order valence-electron chi connectivity index (χ4n) is 2.16. The van der Waals surface area contributed by atoms with Crippen molar-refractivity contribution in [3.63, 3.8) is 0 Å². The highest BCUT2D eigenvalue weighted by atomic mass is 32.2. The van der Waals surface area contributed by atoms with Crippen molar-refractivity contribution in [2.24, 2.45) is 0 Å². The summed E-state index contributed by atoms with van der Waals surface area (Å²) in [6, 6.07) is 10.5. The van der Waals surface area contributed by atoms with Gasteiger partial charge in [0.15, 0.2) is 0 Å². The Balaban J connectivity index is 1.84. The third-order valence-corrected chi connectivity index (χ3v) is 4.42. The van der Waals surface area contributed by atoms with E-state index >= 15 is 0 Å². The van der Waals surface area contributed by atoms with E-state index < -0.39 is 6.09 Å². The molecule has 0 aliphatic carbocycles. The number of likely N-dealkylation sites (tertiary alicyclic amines) is 1. The molecule has 0 spiro atoms. The van der Waals surface area contributed by atoms with E-state index in [0.717, 1.165) is 12.2 Å². The molecular weight excluding hydrogens is 234 g/mol. The van der Waals surface area contributed by atoms with Gasteiger partial charge >= 0.3 is 6.09 Å². The average Bonchev–Trinajstić information content (AvgIpc) is 2.69. The molecule has 3 nitrogen and oxygen atoms in total. The monoisotopic (exact) mass is 251 g/mol. The van der Waals surface area contributed by atoms with Crippen LogP contribution in [0.1, 0.15) is 18.9 Å². The smallest absolute Gasteiger partial charge is 0.407 e. The van der Waals surface area contributed by atoms with Crippen molar-refractivity contribution in [1.82, 2.24) is 4.90 Å². The topological polar surface area (TPSA) is 40.5 Å². The molecule has 0 radical (unpaired) electrons. The summed E-state index contributed by atoms with van der Waals surface area (Å²) in [7, 11) is 0. The average molecular weight is 251 g/mol. The van der Waals surface area contributed by atoms with Crippen LogP contribution in [0.4, 0.5) is 4.79 Å². The Morgan fingerprint density at radius 1 is 1.47 bits per heavy atom. The molecule has 2 rings (SSSR count). The molecule has 92 valence electrons. The van der Waals surface area contributed by atoms with Crippen molar-refractivity contribution >= 4 is 17.9 Å². The van der Waals surface area contributed by atoms with Gasteiger partial charge in [-0.1, -0.05) is 30.3 Å². The van der Waals surface area contributed by atoms with Crippen LogP contribution in [0.5, 0.6) is 0 Å². The van der Waals surface area contributed by atoms with Gasteiger partial charge in [-0.3, -0.25) is 0 Å². The fourth-order valence-corrected chi connectivity index (χ4v) is 3.46. The van der Waals surface area contributed by atoms with Crippen molar-refractivity contribution in [2.75, 3.05) is 6.54 Å². The molecule has 0 saturated carbocycles. The van der Waals surface area contributed by atoms with Crippen LogP contribution in [0.3, 0.4) is 0 Å². The highest BCUT2D eigenvalue weighted by Crippen LogP contribution is 2.29. The summed E-state index contributed by atoms with van der Waals surface area (Å²) in [6.07, 6.45) is 0.171. The Labute approximate surface area is 106 Å². The fraction of sp³-hybridized carbons (Fsp3) is 0.462. The van der Waals surface area contributed by atoms with Gasteiger partial charge in [0.05, 0.1) is 0 Å². The lowest BCUT2D eigenvalue weighted by Gasteiger charge is -2.16. The van der Waals surface area contributed by atoms with E-state index in [9.17, 15) is 4.79 Å². The third-order valence-electron chi connectivity index (χ3n) is 3.11. The van der Waals surface area contributed by atoms with Crippen molar-refractivity contribution in [1.29, 1.82) is 0 Å². The van der Waals surface area contributed by atoms with Crippen molar-refractivity contribution in [3.05, 3.63) is 35.9 Å². The Bertz CT molecular complexity index is 382. The Morgan fingerprint density at radius 2 is 2.18 bits per heavy atom. The van der Waals surface area contributed by atoms with Crippen molar-refractivity contribution in [2.45, 2.75) is 30.4 Å². The number of amides is 1. The third kappa shape index (κ3) is 3.16. The predicted octanol–water partition coefficient (Wildman–Crippen LogP) is 3.06. The first kappa shape index (κ1) is 12.3. The van der Waals surface area contributed by atoms with Crippen LogP contribution in [0, 0.1) is 0 Å². The van der Waals surface area contributed by atoms with E-state index in [4.69, 9.17) is 5.11 Å².